The van der Waals surface area contributed by atoms with E-state index in [4.69, 9.17) is 4.98 Å². The first-order valence-corrected chi connectivity index (χ1v) is 13.7. The summed E-state index contributed by atoms with van der Waals surface area (Å²) >= 11 is 1.26. The number of hydrogen-bond acceptors (Lipinski definition) is 8. The quantitative estimate of drug-likeness (QED) is 0.274. The van der Waals surface area contributed by atoms with E-state index in [0.717, 1.165) is 29.4 Å². The molecule has 39 heavy (non-hydrogen) atoms. The first kappa shape index (κ1) is 26.5. The highest BCUT2D eigenvalue weighted by atomic mass is 32.1. The molecule has 0 bridgehead atoms. The number of nitrogens with zero attached hydrogens (tertiary/aromatic N) is 5. The van der Waals surface area contributed by atoms with E-state index in [0.29, 0.717) is 46.7 Å². The molecule has 5 rings (SSSR count). The Morgan fingerprint density at radius 2 is 1.92 bits per heavy atom. The van der Waals surface area contributed by atoms with Gasteiger partial charge in [0.05, 0.1) is 34.2 Å². The lowest BCUT2D eigenvalue weighted by Gasteiger charge is -2.28. The number of nitrogens with one attached hydrogen (secondary N) is 2. The lowest BCUT2D eigenvalue weighted by Crippen LogP contribution is -2.23. The first-order valence-electron chi connectivity index (χ1n) is 12.8. The zero-order chi connectivity index (χ0) is 27.5. The van der Waals surface area contributed by atoms with E-state index >= 15 is 0 Å². The third-order valence-electron chi connectivity index (χ3n) is 6.89. The van der Waals surface area contributed by atoms with Crippen molar-refractivity contribution >= 4 is 50.8 Å². The van der Waals surface area contributed by atoms with Crippen LogP contribution in [0.4, 0.5) is 16.6 Å². The third kappa shape index (κ3) is 5.69. The molecule has 0 atom stereocenters. The maximum atomic E-state index is 13.6. The number of hydrogen-bond donors (Lipinski definition) is 3. The summed E-state index contributed by atoms with van der Waals surface area (Å²) < 4.78 is 2.11. The molecule has 0 aliphatic heterocycles. The van der Waals surface area contributed by atoms with Gasteiger partial charge in [0.15, 0.2) is 0 Å². The van der Waals surface area contributed by atoms with Crippen LogP contribution in [-0.4, -0.2) is 49.6 Å². The number of fused-ring (bicyclic) bond motifs is 1. The number of amides is 2. The minimum absolute atomic E-state index is 0.119. The number of para-hydroxylation sites is 1. The maximum Gasteiger partial charge on any atom is 0.268 e. The standard InChI is InChI=1S/C28H31N7O3S/c1-4-24(37)31-21-15-22(39-27(21)34(3)16-23-29-13-6-14-30-23)26(38)33-28-32-20-8-5-7-17(2)25(20)35(28)18-9-11-19(36)12-10-18/h4-8,13-15,18-19,36H,1,9-12,16H2,2-3H3,(H,31,37)(H,32,33,38). The molecule has 11 heteroatoms. The van der Waals surface area contributed by atoms with Crippen molar-refractivity contribution in [3.63, 3.8) is 0 Å². The SMILES string of the molecule is C=CC(=O)Nc1cc(C(=O)Nc2nc3cccc(C)c3n2C2CCC(O)CC2)sc1N(C)Cc1ncccn1. The average Bonchev–Trinajstić information content (AvgIpc) is 3.52. The molecule has 2 amide bonds. The van der Waals surface area contributed by atoms with Crippen molar-refractivity contribution in [3.05, 3.63) is 71.6 Å². The molecule has 1 aromatic carbocycles. The van der Waals surface area contributed by atoms with Crippen LogP contribution >= 0.6 is 11.3 Å². The lowest BCUT2D eigenvalue weighted by molar-refractivity contribution is -0.111. The predicted molar refractivity (Wildman–Crippen MR) is 153 cm³/mol. The van der Waals surface area contributed by atoms with Crippen molar-refractivity contribution in [2.45, 2.75) is 51.3 Å². The number of carbonyl (C=O) groups excluding carboxylic acids is 2. The highest BCUT2D eigenvalue weighted by Gasteiger charge is 2.27. The zero-order valence-electron chi connectivity index (χ0n) is 21.9. The van der Waals surface area contributed by atoms with E-state index < -0.39 is 0 Å². The van der Waals surface area contributed by atoms with E-state index in [-0.39, 0.29) is 24.0 Å². The Morgan fingerprint density at radius 3 is 2.64 bits per heavy atom. The fourth-order valence-electron chi connectivity index (χ4n) is 4.99. The van der Waals surface area contributed by atoms with Crippen molar-refractivity contribution < 1.29 is 14.7 Å². The molecule has 0 unspecified atom stereocenters. The topological polar surface area (TPSA) is 125 Å². The lowest BCUT2D eigenvalue weighted by atomic mass is 9.92. The van der Waals surface area contributed by atoms with Gasteiger partial charge in [-0.1, -0.05) is 18.7 Å². The molecule has 0 radical (unpaired) electrons. The van der Waals surface area contributed by atoms with Gasteiger partial charge in [-0.25, -0.2) is 15.0 Å². The summed E-state index contributed by atoms with van der Waals surface area (Å²) in [6.07, 6.45) is 7.27. The number of aryl methyl sites for hydroxylation is 1. The van der Waals surface area contributed by atoms with Gasteiger partial charge in [-0.2, -0.15) is 0 Å². The summed E-state index contributed by atoms with van der Waals surface area (Å²) in [4.78, 5) is 41.4. The van der Waals surface area contributed by atoms with Crippen molar-refractivity contribution in [2.75, 3.05) is 22.6 Å². The molecule has 0 saturated heterocycles. The van der Waals surface area contributed by atoms with Crippen LogP contribution in [0, 0.1) is 6.92 Å². The molecule has 1 aliphatic rings. The van der Waals surface area contributed by atoms with Crippen molar-refractivity contribution in [3.8, 4) is 0 Å². The molecular formula is C28H31N7O3S. The molecule has 202 valence electrons. The second kappa shape index (κ2) is 11.3. The summed E-state index contributed by atoms with van der Waals surface area (Å²) in [6, 6.07) is 9.46. The molecule has 0 spiro atoms. The van der Waals surface area contributed by atoms with Gasteiger partial charge in [-0.15, -0.1) is 11.3 Å². The second-order valence-electron chi connectivity index (χ2n) is 9.71. The van der Waals surface area contributed by atoms with Gasteiger partial charge < -0.3 is 19.9 Å². The normalized spacial score (nSPS) is 17.1. The zero-order valence-corrected chi connectivity index (χ0v) is 22.7. The average molecular weight is 546 g/mol. The van der Waals surface area contributed by atoms with Crippen LogP contribution in [0.15, 0.2) is 55.4 Å². The molecule has 1 fully saturated rings. The minimum Gasteiger partial charge on any atom is -0.393 e. The molecule has 3 heterocycles. The highest BCUT2D eigenvalue weighted by Crippen LogP contribution is 2.38. The molecule has 3 N–H and O–H groups in total. The maximum absolute atomic E-state index is 13.6. The summed E-state index contributed by atoms with van der Waals surface area (Å²) in [5, 5.41) is 16.6. The molecule has 10 nitrogen and oxygen atoms in total. The Labute approximate surface area is 230 Å². The van der Waals surface area contributed by atoms with E-state index in [9.17, 15) is 14.7 Å². The third-order valence-corrected chi connectivity index (χ3v) is 8.14. The van der Waals surface area contributed by atoms with E-state index in [1.54, 1.807) is 24.5 Å². The van der Waals surface area contributed by atoms with Gasteiger partial charge in [0.2, 0.25) is 11.9 Å². The number of carbonyl (C=O) groups is 2. The van der Waals surface area contributed by atoms with Crippen LogP contribution < -0.4 is 15.5 Å². The monoisotopic (exact) mass is 545 g/mol. The van der Waals surface area contributed by atoms with Crippen LogP contribution in [0.3, 0.4) is 0 Å². The number of benzene rings is 1. The smallest absolute Gasteiger partial charge is 0.268 e. The Balaban J connectivity index is 1.47. The summed E-state index contributed by atoms with van der Waals surface area (Å²) in [5.41, 5.74) is 3.37. The largest absolute Gasteiger partial charge is 0.393 e. The Morgan fingerprint density at radius 1 is 1.18 bits per heavy atom. The molecule has 4 aromatic rings. The molecule has 1 saturated carbocycles. The number of anilines is 3. The number of imidazole rings is 1. The van der Waals surface area contributed by atoms with Crippen molar-refractivity contribution in [1.82, 2.24) is 19.5 Å². The van der Waals surface area contributed by atoms with Gasteiger partial charge in [0.1, 0.15) is 10.8 Å². The van der Waals surface area contributed by atoms with Gasteiger partial charge in [0.25, 0.3) is 5.91 Å². The summed E-state index contributed by atoms with van der Waals surface area (Å²) in [5.74, 6) is 0.391. The predicted octanol–water partition coefficient (Wildman–Crippen LogP) is 4.69. The van der Waals surface area contributed by atoms with Gasteiger partial charge in [0, 0.05) is 25.5 Å². The number of aliphatic hydroxyl groups excluding tert-OH is 1. The van der Waals surface area contributed by atoms with E-state index in [1.807, 2.05) is 37.1 Å². The van der Waals surface area contributed by atoms with Crippen molar-refractivity contribution in [1.29, 1.82) is 0 Å². The fourth-order valence-corrected chi connectivity index (χ4v) is 5.96. The summed E-state index contributed by atoms with van der Waals surface area (Å²) in [6.45, 7) is 5.96. The highest BCUT2D eigenvalue weighted by molar-refractivity contribution is 7.18. The van der Waals surface area contributed by atoms with Crippen LogP contribution in [0.5, 0.6) is 0 Å². The number of aliphatic hydroxyl groups is 1. The molecular weight excluding hydrogens is 514 g/mol. The van der Waals surface area contributed by atoms with Gasteiger partial charge in [-0.3, -0.25) is 14.9 Å². The van der Waals surface area contributed by atoms with Gasteiger partial charge in [-0.05, 0) is 62.4 Å². The Kier molecular flexibility index (Phi) is 7.71. The van der Waals surface area contributed by atoms with Crippen LogP contribution in [-0.2, 0) is 11.3 Å². The number of thiophene rings is 1. The molecule has 1 aliphatic carbocycles. The Bertz CT molecular complexity index is 1510. The minimum atomic E-state index is -0.373. The van der Waals surface area contributed by atoms with Crippen LogP contribution in [0.1, 0.15) is 52.8 Å². The summed E-state index contributed by atoms with van der Waals surface area (Å²) in [7, 11) is 1.85. The van der Waals surface area contributed by atoms with E-state index in [2.05, 4.69) is 31.7 Å². The fraction of sp³-hybridized carbons (Fsp3) is 0.321. The Hall–Kier alpha value is -4.09. The van der Waals surface area contributed by atoms with Crippen LogP contribution in [0.25, 0.3) is 11.0 Å². The number of rotatable bonds is 8. The van der Waals surface area contributed by atoms with Crippen LogP contribution in [0.2, 0.25) is 0 Å². The molecule has 3 aromatic heterocycles. The van der Waals surface area contributed by atoms with Gasteiger partial charge >= 0.3 is 0 Å². The van der Waals surface area contributed by atoms with Crippen molar-refractivity contribution in [2.24, 2.45) is 0 Å². The second-order valence-corrected chi connectivity index (χ2v) is 10.7. The number of aromatic nitrogens is 4. The van der Waals surface area contributed by atoms with E-state index in [1.165, 1.54) is 17.4 Å². The first-order chi connectivity index (χ1) is 18.8.